The van der Waals surface area contributed by atoms with Gasteiger partial charge in [-0.25, -0.2) is 0 Å². The maximum atomic E-state index is 12.7. The molecule has 0 fully saturated rings. The smallest absolute Gasteiger partial charge is 0.262 e. The first kappa shape index (κ1) is 20.8. The lowest BCUT2D eigenvalue weighted by molar-refractivity contribution is -0.121. The number of amides is 1. The SMILES string of the molecule is Cc1ccc(-c2noc(CCC(=O)NCc3ccc(Cl)cc3)n2)c(=O)n1C(C)C. The molecule has 7 nitrogen and oxygen atoms in total. The van der Waals surface area contributed by atoms with Gasteiger partial charge in [0.25, 0.3) is 5.56 Å². The molecule has 0 aliphatic heterocycles. The van der Waals surface area contributed by atoms with Crippen LogP contribution >= 0.6 is 11.6 Å². The maximum Gasteiger partial charge on any atom is 0.262 e. The monoisotopic (exact) mass is 414 g/mol. The van der Waals surface area contributed by atoms with Crippen molar-refractivity contribution in [3.05, 3.63) is 68.9 Å². The number of rotatable bonds is 7. The topological polar surface area (TPSA) is 90.0 Å². The van der Waals surface area contributed by atoms with Gasteiger partial charge in [0.05, 0.1) is 5.56 Å². The van der Waals surface area contributed by atoms with Gasteiger partial charge >= 0.3 is 0 Å². The fourth-order valence-corrected chi connectivity index (χ4v) is 3.16. The van der Waals surface area contributed by atoms with Crippen LogP contribution in [0.2, 0.25) is 5.02 Å². The van der Waals surface area contributed by atoms with Crippen LogP contribution in [0, 0.1) is 6.92 Å². The first-order valence-corrected chi connectivity index (χ1v) is 9.79. The lowest BCUT2D eigenvalue weighted by Gasteiger charge is -2.14. The van der Waals surface area contributed by atoms with Crippen LogP contribution in [0.4, 0.5) is 0 Å². The molecular weight excluding hydrogens is 392 g/mol. The molecule has 2 aromatic heterocycles. The van der Waals surface area contributed by atoms with E-state index < -0.39 is 0 Å². The molecule has 3 aromatic rings. The van der Waals surface area contributed by atoms with Crippen molar-refractivity contribution in [3.63, 3.8) is 0 Å². The van der Waals surface area contributed by atoms with Gasteiger partial charge in [-0.1, -0.05) is 28.9 Å². The highest BCUT2D eigenvalue weighted by atomic mass is 35.5. The molecule has 0 radical (unpaired) electrons. The molecule has 0 spiro atoms. The Hall–Kier alpha value is -2.93. The molecular formula is C21H23ClN4O3. The van der Waals surface area contributed by atoms with Gasteiger partial charge in [-0.15, -0.1) is 0 Å². The van der Waals surface area contributed by atoms with Crippen molar-refractivity contribution in [2.45, 2.75) is 46.2 Å². The summed E-state index contributed by atoms with van der Waals surface area (Å²) in [6.07, 6.45) is 0.503. The van der Waals surface area contributed by atoms with Gasteiger partial charge in [0, 0.05) is 36.1 Å². The molecule has 152 valence electrons. The molecule has 0 unspecified atom stereocenters. The molecule has 0 aliphatic rings. The fourth-order valence-electron chi connectivity index (χ4n) is 3.03. The molecule has 0 saturated heterocycles. The minimum Gasteiger partial charge on any atom is -0.352 e. The second-order valence-corrected chi connectivity index (χ2v) is 7.51. The Morgan fingerprint density at radius 2 is 1.93 bits per heavy atom. The van der Waals surface area contributed by atoms with Crippen molar-refractivity contribution in [3.8, 4) is 11.4 Å². The van der Waals surface area contributed by atoms with E-state index in [0.29, 0.717) is 29.4 Å². The largest absolute Gasteiger partial charge is 0.352 e. The van der Waals surface area contributed by atoms with Crippen molar-refractivity contribution in [2.24, 2.45) is 0 Å². The standard InChI is InChI=1S/C21H23ClN4O3/c1-13(2)26-14(3)4-9-17(21(26)28)20-24-19(29-25-20)11-10-18(27)23-12-15-5-7-16(22)8-6-15/h4-9,13H,10-12H2,1-3H3,(H,23,27). The summed E-state index contributed by atoms with van der Waals surface area (Å²) in [6, 6.07) is 10.9. The van der Waals surface area contributed by atoms with E-state index in [0.717, 1.165) is 11.3 Å². The molecule has 3 rings (SSSR count). The predicted molar refractivity (Wildman–Crippen MR) is 111 cm³/mol. The number of nitrogens with one attached hydrogen (secondary N) is 1. The van der Waals surface area contributed by atoms with Gasteiger partial charge in [0.1, 0.15) is 0 Å². The minimum atomic E-state index is -0.159. The summed E-state index contributed by atoms with van der Waals surface area (Å²) in [5.41, 5.74) is 2.05. The zero-order chi connectivity index (χ0) is 21.0. The van der Waals surface area contributed by atoms with Gasteiger partial charge in [-0.05, 0) is 50.6 Å². The Morgan fingerprint density at radius 3 is 2.62 bits per heavy atom. The zero-order valence-corrected chi connectivity index (χ0v) is 17.4. The van der Waals surface area contributed by atoms with Crippen molar-refractivity contribution >= 4 is 17.5 Å². The Labute approximate surface area is 173 Å². The van der Waals surface area contributed by atoms with E-state index in [4.69, 9.17) is 16.1 Å². The number of hydrogen-bond acceptors (Lipinski definition) is 5. The fraction of sp³-hybridized carbons (Fsp3) is 0.333. The van der Waals surface area contributed by atoms with Crippen LogP contribution in [-0.4, -0.2) is 20.6 Å². The molecule has 0 bridgehead atoms. The van der Waals surface area contributed by atoms with Gasteiger partial charge in [0.2, 0.25) is 17.6 Å². The number of hydrogen-bond donors (Lipinski definition) is 1. The van der Waals surface area contributed by atoms with E-state index in [9.17, 15) is 9.59 Å². The third kappa shape index (κ3) is 5.12. The van der Waals surface area contributed by atoms with Crippen LogP contribution in [0.15, 0.2) is 45.7 Å². The lowest BCUT2D eigenvalue weighted by Crippen LogP contribution is -2.25. The quantitative estimate of drug-likeness (QED) is 0.636. The number of benzene rings is 1. The average molecular weight is 415 g/mol. The second kappa shape index (κ2) is 9.05. The molecule has 0 atom stereocenters. The Morgan fingerprint density at radius 1 is 1.21 bits per heavy atom. The summed E-state index contributed by atoms with van der Waals surface area (Å²) in [6.45, 7) is 6.20. The maximum absolute atomic E-state index is 12.7. The summed E-state index contributed by atoms with van der Waals surface area (Å²) < 4.78 is 6.92. The van der Waals surface area contributed by atoms with Crippen molar-refractivity contribution in [1.82, 2.24) is 20.0 Å². The third-order valence-corrected chi connectivity index (χ3v) is 4.77. The molecule has 0 aliphatic carbocycles. The van der Waals surface area contributed by atoms with E-state index in [1.165, 1.54) is 0 Å². The normalized spacial score (nSPS) is 11.1. The zero-order valence-electron chi connectivity index (χ0n) is 16.6. The number of aromatic nitrogens is 3. The van der Waals surface area contributed by atoms with Gasteiger partial charge < -0.3 is 14.4 Å². The summed E-state index contributed by atoms with van der Waals surface area (Å²) in [5, 5.41) is 7.40. The number of carbonyl (C=O) groups excluding carboxylic acids is 1. The highest BCUT2D eigenvalue weighted by Crippen LogP contribution is 2.15. The summed E-state index contributed by atoms with van der Waals surface area (Å²) in [5.74, 6) is 0.427. The van der Waals surface area contributed by atoms with E-state index in [2.05, 4.69) is 15.5 Å². The number of carbonyl (C=O) groups is 1. The van der Waals surface area contributed by atoms with Gasteiger partial charge in [0.15, 0.2) is 0 Å². The van der Waals surface area contributed by atoms with Crippen LogP contribution in [-0.2, 0) is 17.8 Å². The number of pyridine rings is 1. The predicted octanol–water partition coefficient (Wildman–Crippen LogP) is 3.69. The van der Waals surface area contributed by atoms with Crippen LogP contribution < -0.4 is 10.9 Å². The highest BCUT2D eigenvalue weighted by Gasteiger charge is 2.16. The van der Waals surface area contributed by atoms with Crippen molar-refractivity contribution in [1.29, 1.82) is 0 Å². The van der Waals surface area contributed by atoms with Crippen LogP contribution in [0.3, 0.4) is 0 Å². The van der Waals surface area contributed by atoms with Crippen LogP contribution in [0.1, 0.15) is 43.5 Å². The van der Waals surface area contributed by atoms with Crippen molar-refractivity contribution in [2.75, 3.05) is 0 Å². The molecule has 0 saturated carbocycles. The molecule has 1 N–H and O–H groups in total. The molecule has 1 aromatic carbocycles. The van der Waals surface area contributed by atoms with E-state index in [-0.39, 0.29) is 29.8 Å². The first-order chi connectivity index (χ1) is 13.8. The van der Waals surface area contributed by atoms with E-state index >= 15 is 0 Å². The van der Waals surface area contributed by atoms with E-state index in [1.54, 1.807) is 22.8 Å². The average Bonchev–Trinajstić information content (AvgIpc) is 3.14. The summed E-state index contributed by atoms with van der Waals surface area (Å²) >= 11 is 5.85. The minimum absolute atomic E-state index is 0.0261. The van der Waals surface area contributed by atoms with Gasteiger partial charge in [-0.3, -0.25) is 9.59 Å². The number of halogens is 1. The molecule has 2 heterocycles. The van der Waals surface area contributed by atoms with Gasteiger partial charge in [-0.2, -0.15) is 4.98 Å². The molecule has 8 heteroatoms. The first-order valence-electron chi connectivity index (χ1n) is 9.41. The Bertz CT molecular complexity index is 1050. The molecule has 1 amide bonds. The number of nitrogens with zero attached hydrogens (tertiary/aromatic N) is 3. The number of aryl methyl sites for hydroxylation is 2. The van der Waals surface area contributed by atoms with Crippen LogP contribution in [0.25, 0.3) is 11.4 Å². The Kier molecular flexibility index (Phi) is 6.49. The molecule has 29 heavy (non-hydrogen) atoms. The summed E-state index contributed by atoms with van der Waals surface area (Å²) in [7, 11) is 0. The third-order valence-electron chi connectivity index (χ3n) is 4.51. The Balaban J connectivity index is 1.61. The van der Waals surface area contributed by atoms with E-state index in [1.807, 2.05) is 39.0 Å². The van der Waals surface area contributed by atoms with Crippen molar-refractivity contribution < 1.29 is 9.32 Å². The second-order valence-electron chi connectivity index (χ2n) is 7.07. The van der Waals surface area contributed by atoms with Crippen LogP contribution in [0.5, 0.6) is 0 Å². The lowest BCUT2D eigenvalue weighted by atomic mass is 10.2. The highest BCUT2D eigenvalue weighted by molar-refractivity contribution is 6.30. The summed E-state index contributed by atoms with van der Waals surface area (Å²) in [4.78, 5) is 29.1.